The van der Waals surface area contributed by atoms with E-state index in [4.69, 9.17) is 25.8 Å². The van der Waals surface area contributed by atoms with E-state index in [9.17, 15) is 0 Å². The second-order valence-electron chi connectivity index (χ2n) is 5.91. The largest absolute Gasteiger partial charge is 0.492 e. The van der Waals surface area contributed by atoms with Crippen molar-refractivity contribution in [1.29, 1.82) is 0 Å². The third-order valence-corrected chi connectivity index (χ3v) is 4.19. The number of halogens is 1. The molecule has 1 N–H and O–H groups in total. The molecule has 7 heteroatoms. The summed E-state index contributed by atoms with van der Waals surface area (Å²) in [6.07, 6.45) is 2.51. The first kappa shape index (κ1) is 19.8. The van der Waals surface area contributed by atoms with Gasteiger partial charge in [-0.15, -0.1) is 0 Å². The second kappa shape index (κ2) is 11.2. The van der Waals surface area contributed by atoms with E-state index in [1.807, 2.05) is 36.2 Å². The van der Waals surface area contributed by atoms with Crippen molar-refractivity contribution >= 4 is 17.6 Å². The van der Waals surface area contributed by atoms with Crippen LogP contribution in [0.2, 0.25) is 5.02 Å². The highest BCUT2D eigenvalue weighted by molar-refractivity contribution is 6.30. The van der Waals surface area contributed by atoms with Crippen LogP contribution in [0.25, 0.3) is 0 Å². The molecule has 6 nitrogen and oxygen atoms in total. The average Bonchev–Trinajstić information content (AvgIpc) is 3.13. The highest BCUT2D eigenvalue weighted by atomic mass is 35.5. The summed E-state index contributed by atoms with van der Waals surface area (Å²) in [5, 5.41) is 3.99. The minimum Gasteiger partial charge on any atom is -0.492 e. The van der Waals surface area contributed by atoms with E-state index < -0.39 is 0 Å². The Balaban J connectivity index is 1.57. The summed E-state index contributed by atoms with van der Waals surface area (Å²) < 4.78 is 16.9. The molecular weight excluding hydrogens is 342 g/mol. The number of nitrogens with zero attached hydrogens (tertiary/aromatic N) is 2. The molecule has 1 fully saturated rings. The highest BCUT2D eigenvalue weighted by Crippen LogP contribution is 2.15. The van der Waals surface area contributed by atoms with E-state index in [-0.39, 0.29) is 6.10 Å². The number of hydrogen-bond acceptors (Lipinski definition) is 4. The zero-order valence-corrected chi connectivity index (χ0v) is 15.8. The molecular formula is C18H28ClN3O3. The molecule has 1 heterocycles. The fourth-order valence-corrected chi connectivity index (χ4v) is 2.67. The zero-order chi connectivity index (χ0) is 17.9. The highest BCUT2D eigenvalue weighted by Gasteiger charge is 2.15. The van der Waals surface area contributed by atoms with Crippen molar-refractivity contribution in [2.45, 2.75) is 18.9 Å². The molecule has 0 radical (unpaired) electrons. The molecule has 0 bridgehead atoms. The summed E-state index contributed by atoms with van der Waals surface area (Å²) in [5.41, 5.74) is 0. The van der Waals surface area contributed by atoms with E-state index in [0.29, 0.717) is 31.4 Å². The van der Waals surface area contributed by atoms with Crippen LogP contribution in [0.3, 0.4) is 0 Å². The number of ether oxygens (including phenoxy) is 3. The van der Waals surface area contributed by atoms with E-state index in [1.165, 1.54) is 0 Å². The van der Waals surface area contributed by atoms with Gasteiger partial charge in [-0.3, -0.25) is 4.99 Å². The zero-order valence-electron chi connectivity index (χ0n) is 15.0. The second-order valence-corrected chi connectivity index (χ2v) is 6.34. The van der Waals surface area contributed by atoms with Crippen LogP contribution < -0.4 is 10.1 Å². The van der Waals surface area contributed by atoms with E-state index in [1.54, 1.807) is 7.05 Å². The molecule has 25 heavy (non-hydrogen) atoms. The smallest absolute Gasteiger partial charge is 0.193 e. The van der Waals surface area contributed by atoms with Crippen LogP contribution in [0.4, 0.5) is 0 Å². The number of aliphatic imine (C=N–C) groups is 1. The molecule has 0 saturated carbocycles. The van der Waals surface area contributed by atoms with Gasteiger partial charge in [0, 0.05) is 32.3 Å². The van der Waals surface area contributed by atoms with Crippen LogP contribution in [-0.4, -0.2) is 70.6 Å². The van der Waals surface area contributed by atoms with Crippen molar-refractivity contribution in [2.75, 3.05) is 53.6 Å². The normalized spacial score (nSPS) is 17.6. The SMILES string of the molecule is CN=C(NCCOCC1CCCO1)N(C)CCOc1ccc(Cl)cc1. The number of nitrogens with one attached hydrogen (secondary N) is 1. The van der Waals surface area contributed by atoms with Gasteiger partial charge in [-0.1, -0.05) is 11.6 Å². The van der Waals surface area contributed by atoms with Gasteiger partial charge in [0.25, 0.3) is 0 Å². The Morgan fingerprint density at radius 2 is 2.16 bits per heavy atom. The quantitative estimate of drug-likeness (QED) is 0.411. The monoisotopic (exact) mass is 369 g/mol. The maximum absolute atomic E-state index is 5.86. The van der Waals surface area contributed by atoms with Crippen LogP contribution in [0.15, 0.2) is 29.3 Å². The van der Waals surface area contributed by atoms with Crippen LogP contribution in [-0.2, 0) is 9.47 Å². The minimum absolute atomic E-state index is 0.270. The Hall–Kier alpha value is -1.50. The molecule has 1 unspecified atom stereocenters. The van der Waals surface area contributed by atoms with Crippen molar-refractivity contribution < 1.29 is 14.2 Å². The van der Waals surface area contributed by atoms with E-state index in [2.05, 4.69) is 10.3 Å². The number of benzene rings is 1. The van der Waals surface area contributed by atoms with Gasteiger partial charge in [-0.05, 0) is 37.1 Å². The predicted molar refractivity (Wildman–Crippen MR) is 101 cm³/mol. The average molecular weight is 370 g/mol. The number of guanidine groups is 1. The number of hydrogen-bond donors (Lipinski definition) is 1. The van der Waals surface area contributed by atoms with Gasteiger partial charge in [0.05, 0.1) is 25.9 Å². The minimum atomic E-state index is 0.270. The molecule has 1 saturated heterocycles. The van der Waals surface area contributed by atoms with Crippen molar-refractivity contribution in [3.8, 4) is 5.75 Å². The Morgan fingerprint density at radius 1 is 1.36 bits per heavy atom. The summed E-state index contributed by atoms with van der Waals surface area (Å²) in [5.74, 6) is 1.63. The van der Waals surface area contributed by atoms with Crippen molar-refractivity contribution in [1.82, 2.24) is 10.2 Å². The first-order valence-electron chi connectivity index (χ1n) is 8.68. The molecule has 1 aliphatic rings. The number of likely N-dealkylation sites (N-methyl/N-ethyl adjacent to an activating group) is 1. The number of rotatable bonds is 9. The fraction of sp³-hybridized carbons (Fsp3) is 0.611. The van der Waals surface area contributed by atoms with Gasteiger partial charge in [-0.2, -0.15) is 0 Å². The van der Waals surface area contributed by atoms with Crippen LogP contribution in [0.5, 0.6) is 5.75 Å². The lowest BCUT2D eigenvalue weighted by atomic mass is 10.2. The van der Waals surface area contributed by atoms with Gasteiger partial charge < -0.3 is 24.4 Å². The lowest BCUT2D eigenvalue weighted by Crippen LogP contribution is -2.42. The molecule has 1 aromatic carbocycles. The molecule has 1 atom stereocenters. The molecule has 2 rings (SSSR count). The van der Waals surface area contributed by atoms with Crippen LogP contribution in [0, 0.1) is 0 Å². The molecule has 0 spiro atoms. The Bertz CT molecular complexity index is 519. The van der Waals surface area contributed by atoms with Crippen molar-refractivity contribution in [2.24, 2.45) is 4.99 Å². The lowest BCUT2D eigenvalue weighted by molar-refractivity contribution is 0.0190. The first-order chi connectivity index (χ1) is 12.2. The predicted octanol–water partition coefficient (Wildman–Crippen LogP) is 2.42. The van der Waals surface area contributed by atoms with Crippen molar-refractivity contribution in [3.63, 3.8) is 0 Å². The van der Waals surface area contributed by atoms with Gasteiger partial charge in [0.2, 0.25) is 0 Å². The first-order valence-corrected chi connectivity index (χ1v) is 9.06. The summed E-state index contributed by atoms with van der Waals surface area (Å²) in [4.78, 5) is 6.30. The molecule has 1 aromatic rings. The van der Waals surface area contributed by atoms with E-state index in [0.717, 1.165) is 37.7 Å². The molecule has 0 aromatic heterocycles. The third kappa shape index (κ3) is 7.50. The fourth-order valence-electron chi connectivity index (χ4n) is 2.55. The van der Waals surface area contributed by atoms with Gasteiger partial charge >= 0.3 is 0 Å². The van der Waals surface area contributed by atoms with Gasteiger partial charge in [0.1, 0.15) is 12.4 Å². The summed E-state index contributed by atoms with van der Waals surface area (Å²) in [7, 11) is 3.75. The van der Waals surface area contributed by atoms with Crippen LogP contribution >= 0.6 is 11.6 Å². The topological polar surface area (TPSA) is 55.3 Å². The third-order valence-electron chi connectivity index (χ3n) is 3.94. The van der Waals surface area contributed by atoms with E-state index >= 15 is 0 Å². The van der Waals surface area contributed by atoms with Crippen LogP contribution in [0.1, 0.15) is 12.8 Å². The lowest BCUT2D eigenvalue weighted by Gasteiger charge is -2.22. The maximum atomic E-state index is 5.86. The Kier molecular flexibility index (Phi) is 8.86. The maximum Gasteiger partial charge on any atom is 0.193 e. The molecule has 0 amide bonds. The molecule has 1 aliphatic heterocycles. The summed E-state index contributed by atoms with van der Waals surface area (Å²) in [6, 6.07) is 7.36. The van der Waals surface area contributed by atoms with Gasteiger partial charge in [-0.25, -0.2) is 0 Å². The standard InChI is InChI=1S/C18H28ClN3O3/c1-20-18(21-9-12-23-14-17-4-3-11-24-17)22(2)10-13-25-16-7-5-15(19)6-8-16/h5-8,17H,3-4,9-14H2,1-2H3,(H,20,21). The van der Waals surface area contributed by atoms with Crippen molar-refractivity contribution in [3.05, 3.63) is 29.3 Å². The summed E-state index contributed by atoms with van der Waals surface area (Å²) >= 11 is 5.86. The Labute approximate surface area is 155 Å². The molecule has 0 aliphatic carbocycles. The molecule has 140 valence electrons. The summed E-state index contributed by atoms with van der Waals surface area (Å²) in [6.45, 7) is 4.16. The Morgan fingerprint density at radius 3 is 2.84 bits per heavy atom. The van der Waals surface area contributed by atoms with Gasteiger partial charge in [0.15, 0.2) is 5.96 Å².